The number of pyridine rings is 2. The maximum atomic E-state index is 13.6. The molecule has 0 bridgehead atoms. The molecule has 7 nitrogen and oxygen atoms in total. The van der Waals surface area contributed by atoms with E-state index in [9.17, 15) is 14.4 Å². The minimum Gasteiger partial charge on any atom is -0.369 e. The Morgan fingerprint density at radius 2 is 1.95 bits per heavy atom. The van der Waals surface area contributed by atoms with Crippen molar-refractivity contribution in [1.82, 2.24) is 15.3 Å². The summed E-state index contributed by atoms with van der Waals surface area (Å²) >= 11 is 0. The highest BCUT2D eigenvalue weighted by atomic mass is 19.1. The molecule has 8 heteroatoms. The normalized spacial score (nSPS) is 10.5. The van der Waals surface area contributed by atoms with Crippen molar-refractivity contribution in [1.29, 1.82) is 5.26 Å². The Labute approximate surface area is 215 Å². The van der Waals surface area contributed by atoms with Crippen LogP contribution in [0.1, 0.15) is 38.3 Å². The van der Waals surface area contributed by atoms with Gasteiger partial charge in [-0.3, -0.25) is 9.78 Å². The number of carbonyl (C=O) groups excluding carboxylic acids is 1. The molecule has 0 aliphatic carbocycles. The van der Waals surface area contributed by atoms with Crippen LogP contribution in [-0.4, -0.2) is 22.4 Å². The van der Waals surface area contributed by atoms with E-state index in [4.69, 9.17) is 10.7 Å². The van der Waals surface area contributed by atoms with Crippen molar-refractivity contribution >= 4 is 11.7 Å². The van der Waals surface area contributed by atoms with Crippen molar-refractivity contribution in [2.45, 2.75) is 26.4 Å². The summed E-state index contributed by atoms with van der Waals surface area (Å²) in [5, 5.41) is 15.8. The van der Waals surface area contributed by atoms with Crippen LogP contribution in [0.2, 0.25) is 0 Å². The molecule has 4 rings (SSSR count). The lowest BCUT2D eigenvalue weighted by molar-refractivity contribution is 0.0951. The summed E-state index contributed by atoms with van der Waals surface area (Å²) in [5.41, 5.74) is 11.1. The zero-order valence-corrected chi connectivity index (χ0v) is 20.5. The third kappa shape index (κ3) is 6.15. The van der Waals surface area contributed by atoms with Crippen LogP contribution in [0.5, 0.6) is 0 Å². The highest BCUT2D eigenvalue weighted by Crippen LogP contribution is 2.28. The summed E-state index contributed by atoms with van der Waals surface area (Å²) in [6.07, 6.45) is 2.20. The predicted molar refractivity (Wildman–Crippen MR) is 141 cm³/mol. The maximum absolute atomic E-state index is 13.6. The largest absolute Gasteiger partial charge is 0.369 e. The van der Waals surface area contributed by atoms with E-state index in [1.54, 1.807) is 36.5 Å². The molecule has 0 fully saturated rings. The fraction of sp³-hybridized carbons (Fsp3) is 0.172. The number of aryl methyl sites for hydroxylation is 1. The average Bonchev–Trinajstić information content (AvgIpc) is 2.92. The summed E-state index contributed by atoms with van der Waals surface area (Å²) in [6, 6.07) is 21.2. The van der Waals surface area contributed by atoms with Crippen LogP contribution in [0.4, 0.5) is 10.2 Å². The Bertz CT molecular complexity index is 1460. The van der Waals surface area contributed by atoms with E-state index < -0.39 is 0 Å². The second-order valence-corrected chi connectivity index (χ2v) is 8.51. The second-order valence-electron chi connectivity index (χ2n) is 8.51. The lowest BCUT2D eigenvalue weighted by atomic mass is 10.00. The molecule has 0 saturated heterocycles. The van der Waals surface area contributed by atoms with Gasteiger partial charge in [0, 0.05) is 31.4 Å². The molecule has 0 saturated carbocycles. The molecule has 0 atom stereocenters. The highest BCUT2D eigenvalue weighted by Gasteiger charge is 2.18. The Morgan fingerprint density at radius 1 is 1.11 bits per heavy atom. The molecule has 0 aliphatic heterocycles. The smallest absolute Gasteiger partial charge is 0.255 e. The zero-order chi connectivity index (χ0) is 26.2. The van der Waals surface area contributed by atoms with Crippen LogP contribution in [0.25, 0.3) is 11.3 Å². The number of benzene rings is 2. The number of halogens is 1. The van der Waals surface area contributed by atoms with Crippen LogP contribution in [0.15, 0.2) is 72.9 Å². The molecular weight excluding hydrogens is 467 g/mol. The van der Waals surface area contributed by atoms with Gasteiger partial charge in [-0.15, -0.1) is 0 Å². The average molecular weight is 495 g/mol. The van der Waals surface area contributed by atoms with Crippen LogP contribution in [0, 0.1) is 24.1 Å². The number of carbonyl (C=O) groups is 1. The first-order chi connectivity index (χ1) is 18.0. The van der Waals surface area contributed by atoms with Crippen molar-refractivity contribution in [2.75, 3.05) is 11.9 Å². The second kappa shape index (κ2) is 11.9. The number of anilines is 1. The Kier molecular flexibility index (Phi) is 8.18. The van der Waals surface area contributed by atoms with Gasteiger partial charge >= 0.3 is 0 Å². The third-order valence-corrected chi connectivity index (χ3v) is 5.97. The van der Waals surface area contributed by atoms with Gasteiger partial charge in [-0.05, 0) is 60.4 Å². The third-order valence-electron chi connectivity index (χ3n) is 5.97. The molecule has 1 amide bonds. The monoisotopic (exact) mass is 494 g/mol. The standard InChI is InChI=1S/C29H27FN6O/c1-19-14-25(29(37)35-18-22-8-5-12-33-26(22)17-32)28(34-13-11-20-6-4-9-23(30)15-20)36-27(19)24-10-3-2-7-21(24)16-31/h2-10,12,14-15H,11,13,17-18,32H2,1H3,(H,34,36)(H,35,37). The number of rotatable bonds is 9. The van der Waals surface area contributed by atoms with Gasteiger partial charge < -0.3 is 16.4 Å². The van der Waals surface area contributed by atoms with Crippen molar-refractivity contribution in [3.63, 3.8) is 0 Å². The van der Waals surface area contributed by atoms with E-state index in [-0.39, 0.29) is 24.8 Å². The number of nitrogens with one attached hydrogen (secondary N) is 2. The lowest BCUT2D eigenvalue weighted by Crippen LogP contribution is -2.26. The van der Waals surface area contributed by atoms with Gasteiger partial charge in [0.05, 0.1) is 28.6 Å². The molecule has 37 heavy (non-hydrogen) atoms. The van der Waals surface area contributed by atoms with E-state index in [2.05, 4.69) is 21.7 Å². The van der Waals surface area contributed by atoms with Gasteiger partial charge in [0.1, 0.15) is 11.6 Å². The number of aromatic nitrogens is 2. The number of amides is 1. The van der Waals surface area contributed by atoms with Crippen LogP contribution < -0.4 is 16.4 Å². The van der Waals surface area contributed by atoms with E-state index >= 15 is 0 Å². The first-order valence-corrected chi connectivity index (χ1v) is 11.9. The summed E-state index contributed by atoms with van der Waals surface area (Å²) < 4.78 is 13.6. The quantitative estimate of drug-likeness (QED) is 0.315. The minimum absolute atomic E-state index is 0.264. The van der Waals surface area contributed by atoms with Crippen molar-refractivity contribution in [2.24, 2.45) is 5.73 Å². The zero-order valence-electron chi connectivity index (χ0n) is 20.5. The molecular formula is C29H27FN6O. The van der Waals surface area contributed by atoms with Crippen molar-refractivity contribution < 1.29 is 9.18 Å². The number of nitrogens with zero attached hydrogens (tertiary/aromatic N) is 3. The lowest BCUT2D eigenvalue weighted by Gasteiger charge is -2.16. The maximum Gasteiger partial charge on any atom is 0.255 e. The summed E-state index contributed by atoms with van der Waals surface area (Å²) in [4.78, 5) is 22.3. The molecule has 0 spiro atoms. The Hall–Kier alpha value is -4.61. The molecule has 0 aliphatic rings. The van der Waals surface area contributed by atoms with Gasteiger partial charge in [-0.1, -0.05) is 36.4 Å². The first kappa shape index (κ1) is 25.5. The van der Waals surface area contributed by atoms with Crippen LogP contribution in [-0.2, 0) is 19.5 Å². The minimum atomic E-state index is -0.309. The molecule has 4 aromatic rings. The molecule has 186 valence electrons. The van der Waals surface area contributed by atoms with E-state index in [1.807, 2.05) is 31.2 Å². The fourth-order valence-corrected chi connectivity index (χ4v) is 4.09. The van der Waals surface area contributed by atoms with E-state index in [1.165, 1.54) is 12.1 Å². The molecule has 4 N–H and O–H groups in total. The SMILES string of the molecule is Cc1cc(C(=O)NCc2cccnc2CN)c(NCCc2cccc(F)c2)nc1-c1ccccc1C#N. The topological polar surface area (TPSA) is 117 Å². The van der Waals surface area contributed by atoms with Gasteiger partial charge in [-0.2, -0.15) is 5.26 Å². The number of hydrogen-bond acceptors (Lipinski definition) is 6. The number of nitrogens with two attached hydrogens (primary N) is 1. The molecule has 0 unspecified atom stereocenters. The van der Waals surface area contributed by atoms with E-state index in [0.29, 0.717) is 46.9 Å². The predicted octanol–water partition coefficient (Wildman–Crippen LogP) is 4.51. The summed E-state index contributed by atoms with van der Waals surface area (Å²) in [7, 11) is 0. The Morgan fingerprint density at radius 3 is 2.73 bits per heavy atom. The fourth-order valence-electron chi connectivity index (χ4n) is 4.09. The van der Waals surface area contributed by atoms with E-state index in [0.717, 1.165) is 16.7 Å². The summed E-state index contributed by atoms with van der Waals surface area (Å²) in [5.74, 6) is -0.225. The highest BCUT2D eigenvalue weighted by molar-refractivity contribution is 5.99. The number of hydrogen-bond donors (Lipinski definition) is 3. The molecule has 2 aromatic carbocycles. The van der Waals surface area contributed by atoms with Gasteiger partial charge in [-0.25, -0.2) is 9.37 Å². The summed E-state index contributed by atoms with van der Waals surface area (Å²) in [6.45, 7) is 2.82. The molecule has 2 heterocycles. The van der Waals surface area contributed by atoms with Gasteiger partial charge in [0.15, 0.2) is 0 Å². The molecule has 2 aromatic heterocycles. The van der Waals surface area contributed by atoms with Gasteiger partial charge in [0.25, 0.3) is 5.91 Å². The van der Waals surface area contributed by atoms with Crippen LogP contribution in [0.3, 0.4) is 0 Å². The van der Waals surface area contributed by atoms with Crippen molar-refractivity contribution in [3.8, 4) is 17.3 Å². The Balaban J connectivity index is 1.64. The molecule has 0 radical (unpaired) electrons. The first-order valence-electron chi connectivity index (χ1n) is 11.9. The van der Waals surface area contributed by atoms with Crippen molar-refractivity contribution in [3.05, 3.63) is 112 Å². The van der Waals surface area contributed by atoms with Gasteiger partial charge in [0.2, 0.25) is 0 Å². The van der Waals surface area contributed by atoms with Crippen LogP contribution >= 0.6 is 0 Å². The number of nitriles is 1.